The highest BCUT2D eigenvalue weighted by Gasteiger charge is 2.19. The van der Waals surface area contributed by atoms with E-state index in [1.807, 2.05) is 0 Å². The average molecular weight is 243 g/mol. The van der Waals surface area contributed by atoms with E-state index in [9.17, 15) is 19.8 Å². The van der Waals surface area contributed by atoms with Crippen LogP contribution in [-0.2, 0) is 4.79 Å². The summed E-state index contributed by atoms with van der Waals surface area (Å²) in [5.41, 5.74) is -0.0108. The van der Waals surface area contributed by atoms with Gasteiger partial charge in [0, 0.05) is 24.9 Å². The zero-order chi connectivity index (χ0) is 12.1. The Bertz CT molecular complexity index is 417. The zero-order valence-corrected chi connectivity index (χ0v) is 9.53. The number of hydrogen-bond donors (Lipinski definition) is 3. The summed E-state index contributed by atoms with van der Waals surface area (Å²) in [5.74, 6) is 0.100. The SMILES string of the molecule is CC(=O)SCC(O)C(O)c1cc[nH]c(=O)c1. The van der Waals surface area contributed by atoms with Crippen LogP contribution in [0.25, 0.3) is 0 Å². The highest BCUT2D eigenvalue weighted by atomic mass is 32.2. The molecule has 88 valence electrons. The number of aromatic nitrogens is 1. The maximum atomic E-state index is 11.0. The van der Waals surface area contributed by atoms with E-state index in [0.717, 1.165) is 11.8 Å². The van der Waals surface area contributed by atoms with Crippen LogP contribution >= 0.6 is 11.8 Å². The van der Waals surface area contributed by atoms with Crippen LogP contribution in [0.1, 0.15) is 18.6 Å². The molecule has 0 radical (unpaired) electrons. The van der Waals surface area contributed by atoms with Gasteiger partial charge in [-0.2, -0.15) is 0 Å². The minimum atomic E-state index is -1.16. The first-order chi connectivity index (χ1) is 7.50. The third-order valence-electron chi connectivity index (χ3n) is 1.96. The number of nitrogens with one attached hydrogen (secondary N) is 1. The number of carbonyl (C=O) groups excluding carboxylic acids is 1. The summed E-state index contributed by atoms with van der Waals surface area (Å²) >= 11 is 0.932. The fourth-order valence-electron chi connectivity index (χ4n) is 1.16. The van der Waals surface area contributed by atoms with Crippen molar-refractivity contribution in [3.05, 3.63) is 34.2 Å². The minimum absolute atomic E-state index is 0.100. The molecule has 2 unspecified atom stereocenters. The maximum Gasteiger partial charge on any atom is 0.248 e. The van der Waals surface area contributed by atoms with E-state index in [4.69, 9.17) is 0 Å². The first-order valence-electron chi connectivity index (χ1n) is 4.69. The Balaban J connectivity index is 2.66. The van der Waals surface area contributed by atoms with Gasteiger partial charge in [-0.25, -0.2) is 0 Å². The van der Waals surface area contributed by atoms with Crippen LogP contribution in [0.2, 0.25) is 0 Å². The second kappa shape index (κ2) is 5.83. The number of thioether (sulfide) groups is 1. The van der Waals surface area contributed by atoms with Crippen LogP contribution in [-0.4, -0.2) is 32.2 Å². The van der Waals surface area contributed by atoms with Crippen LogP contribution in [0.4, 0.5) is 0 Å². The van der Waals surface area contributed by atoms with E-state index in [1.54, 1.807) is 0 Å². The Hall–Kier alpha value is -1.11. The lowest BCUT2D eigenvalue weighted by Gasteiger charge is -2.16. The number of carbonyl (C=O) groups is 1. The Morgan fingerprint density at radius 2 is 2.25 bits per heavy atom. The smallest absolute Gasteiger partial charge is 0.248 e. The van der Waals surface area contributed by atoms with Crippen LogP contribution in [0.15, 0.2) is 23.1 Å². The number of H-pyrrole nitrogens is 1. The molecule has 16 heavy (non-hydrogen) atoms. The molecule has 0 aliphatic heterocycles. The number of aliphatic hydroxyl groups excluding tert-OH is 2. The zero-order valence-electron chi connectivity index (χ0n) is 8.71. The van der Waals surface area contributed by atoms with Gasteiger partial charge < -0.3 is 15.2 Å². The molecule has 0 saturated carbocycles. The second-order valence-electron chi connectivity index (χ2n) is 3.30. The van der Waals surface area contributed by atoms with Crippen molar-refractivity contribution in [2.24, 2.45) is 0 Å². The van der Waals surface area contributed by atoms with Gasteiger partial charge in [0.2, 0.25) is 5.56 Å². The molecule has 1 heterocycles. The highest BCUT2D eigenvalue weighted by Crippen LogP contribution is 2.18. The summed E-state index contributed by atoms with van der Waals surface area (Å²) in [4.78, 5) is 24.1. The lowest BCUT2D eigenvalue weighted by molar-refractivity contribution is -0.109. The van der Waals surface area contributed by atoms with Crippen molar-refractivity contribution < 1.29 is 15.0 Å². The molecule has 1 aromatic heterocycles. The molecule has 2 atom stereocenters. The number of aromatic amines is 1. The highest BCUT2D eigenvalue weighted by molar-refractivity contribution is 8.13. The molecule has 0 aromatic carbocycles. The van der Waals surface area contributed by atoms with E-state index in [-0.39, 0.29) is 16.4 Å². The molecule has 6 heteroatoms. The summed E-state index contributed by atoms with van der Waals surface area (Å²) in [7, 11) is 0. The van der Waals surface area contributed by atoms with E-state index < -0.39 is 12.2 Å². The maximum absolute atomic E-state index is 11.0. The Morgan fingerprint density at radius 1 is 1.56 bits per heavy atom. The van der Waals surface area contributed by atoms with E-state index in [0.29, 0.717) is 5.56 Å². The van der Waals surface area contributed by atoms with Gasteiger partial charge in [-0.1, -0.05) is 11.8 Å². The molecule has 0 amide bonds. The van der Waals surface area contributed by atoms with Gasteiger partial charge in [-0.05, 0) is 11.6 Å². The molecule has 3 N–H and O–H groups in total. The Labute approximate surface area is 96.5 Å². The molecule has 1 rings (SSSR count). The Morgan fingerprint density at radius 3 is 2.81 bits per heavy atom. The van der Waals surface area contributed by atoms with Gasteiger partial charge in [0.1, 0.15) is 6.10 Å². The molecule has 0 aliphatic rings. The number of hydrogen-bond acceptors (Lipinski definition) is 5. The summed E-state index contributed by atoms with van der Waals surface area (Å²) in [5, 5.41) is 19.1. The van der Waals surface area contributed by atoms with Crippen LogP contribution in [0, 0.1) is 0 Å². The molecule has 5 nitrogen and oxygen atoms in total. The van der Waals surface area contributed by atoms with Crippen molar-refractivity contribution in [1.82, 2.24) is 4.98 Å². The van der Waals surface area contributed by atoms with Gasteiger partial charge >= 0.3 is 0 Å². The second-order valence-corrected chi connectivity index (χ2v) is 4.50. The third kappa shape index (κ3) is 3.80. The number of pyridine rings is 1. The van der Waals surface area contributed by atoms with Gasteiger partial charge in [0.15, 0.2) is 5.12 Å². The van der Waals surface area contributed by atoms with E-state index in [2.05, 4.69) is 4.98 Å². The van der Waals surface area contributed by atoms with E-state index >= 15 is 0 Å². The quantitative estimate of drug-likeness (QED) is 0.695. The van der Waals surface area contributed by atoms with Crippen molar-refractivity contribution in [2.75, 3.05) is 5.75 Å². The van der Waals surface area contributed by atoms with Crippen molar-refractivity contribution in [3.63, 3.8) is 0 Å². The normalized spacial score (nSPS) is 14.4. The average Bonchev–Trinajstić information content (AvgIpc) is 2.24. The molecule has 1 aromatic rings. The molecule has 0 bridgehead atoms. The largest absolute Gasteiger partial charge is 0.389 e. The van der Waals surface area contributed by atoms with Crippen molar-refractivity contribution in [2.45, 2.75) is 19.1 Å². The predicted octanol–water partition coefficient (Wildman–Crippen LogP) is 0.0489. The van der Waals surface area contributed by atoms with Gasteiger partial charge in [-0.3, -0.25) is 9.59 Å². The monoisotopic (exact) mass is 243 g/mol. The van der Waals surface area contributed by atoms with Crippen molar-refractivity contribution in [1.29, 1.82) is 0 Å². The standard InChI is InChI=1S/C10H13NO4S/c1-6(12)16-5-8(13)10(15)7-2-3-11-9(14)4-7/h2-4,8,10,13,15H,5H2,1H3,(H,11,14). The summed E-state index contributed by atoms with van der Waals surface area (Å²) in [6, 6.07) is 2.72. The molecular weight excluding hydrogens is 230 g/mol. The van der Waals surface area contributed by atoms with Gasteiger partial charge in [-0.15, -0.1) is 0 Å². The van der Waals surface area contributed by atoms with Gasteiger partial charge in [0.05, 0.1) is 6.10 Å². The first-order valence-corrected chi connectivity index (χ1v) is 5.67. The summed E-state index contributed by atoms with van der Waals surface area (Å²) in [6.45, 7) is 1.39. The molecular formula is C10H13NO4S. The third-order valence-corrected chi connectivity index (χ3v) is 2.88. The fraction of sp³-hybridized carbons (Fsp3) is 0.400. The summed E-state index contributed by atoms with van der Waals surface area (Å²) in [6.07, 6.45) is -0.837. The molecule has 0 saturated heterocycles. The van der Waals surface area contributed by atoms with Crippen molar-refractivity contribution in [3.8, 4) is 0 Å². The van der Waals surface area contributed by atoms with Crippen molar-refractivity contribution >= 4 is 16.9 Å². The lowest BCUT2D eigenvalue weighted by Crippen LogP contribution is -2.22. The van der Waals surface area contributed by atoms with Gasteiger partial charge in [0.25, 0.3) is 0 Å². The van der Waals surface area contributed by atoms with Crippen LogP contribution < -0.4 is 5.56 Å². The molecule has 0 aliphatic carbocycles. The first kappa shape index (κ1) is 13.0. The predicted molar refractivity (Wildman–Crippen MR) is 61.2 cm³/mol. The summed E-state index contributed by atoms with van der Waals surface area (Å²) < 4.78 is 0. The topological polar surface area (TPSA) is 90.4 Å². The lowest BCUT2D eigenvalue weighted by atomic mass is 10.1. The van der Waals surface area contributed by atoms with E-state index in [1.165, 1.54) is 25.3 Å². The van der Waals surface area contributed by atoms with Crippen LogP contribution in [0.5, 0.6) is 0 Å². The fourth-order valence-corrected chi connectivity index (χ4v) is 1.75. The molecule has 0 spiro atoms. The Kier molecular flexibility index (Phi) is 4.72. The molecule has 0 fully saturated rings. The number of rotatable bonds is 4. The minimum Gasteiger partial charge on any atom is -0.389 e. The van der Waals surface area contributed by atoms with Crippen LogP contribution in [0.3, 0.4) is 0 Å². The number of aliphatic hydroxyl groups is 2.